The summed E-state index contributed by atoms with van der Waals surface area (Å²) in [6.07, 6.45) is 1.21. The van der Waals surface area contributed by atoms with E-state index >= 15 is 0 Å². The van der Waals surface area contributed by atoms with Gasteiger partial charge in [-0.2, -0.15) is 0 Å². The third-order valence-corrected chi connectivity index (χ3v) is 3.51. The number of alkyl halides is 1. The molecule has 2 atom stereocenters. The van der Waals surface area contributed by atoms with Crippen molar-refractivity contribution in [2.45, 2.75) is 12.3 Å². The molecule has 2 aliphatic rings. The zero-order valence-electron chi connectivity index (χ0n) is 8.41. The highest BCUT2D eigenvalue weighted by atomic mass is 35.5. The van der Waals surface area contributed by atoms with Crippen molar-refractivity contribution < 1.29 is 9.47 Å². The molecule has 0 amide bonds. The fourth-order valence-electron chi connectivity index (χ4n) is 2.12. The Balaban J connectivity index is 1.85. The van der Waals surface area contributed by atoms with Crippen LogP contribution in [-0.2, 0) is 0 Å². The first-order chi connectivity index (χ1) is 7.38. The molecule has 1 fully saturated rings. The SMILES string of the molecule is ClCC1CC1c1ccc2c(c1)OCCO2. The molecule has 1 aliphatic heterocycles. The van der Waals surface area contributed by atoms with Crippen LogP contribution in [0.4, 0.5) is 0 Å². The topological polar surface area (TPSA) is 18.5 Å². The molecule has 1 heterocycles. The Morgan fingerprint density at radius 2 is 2.00 bits per heavy atom. The largest absolute Gasteiger partial charge is 0.486 e. The fourth-order valence-corrected chi connectivity index (χ4v) is 2.46. The van der Waals surface area contributed by atoms with Crippen LogP contribution in [0.2, 0.25) is 0 Å². The van der Waals surface area contributed by atoms with Gasteiger partial charge in [-0.15, -0.1) is 11.6 Å². The van der Waals surface area contributed by atoms with E-state index in [9.17, 15) is 0 Å². The summed E-state index contributed by atoms with van der Waals surface area (Å²) in [5.41, 5.74) is 1.34. The van der Waals surface area contributed by atoms with Crippen LogP contribution in [0.3, 0.4) is 0 Å². The Morgan fingerprint density at radius 3 is 2.73 bits per heavy atom. The van der Waals surface area contributed by atoms with E-state index in [2.05, 4.69) is 12.1 Å². The predicted octanol–water partition coefficient (Wildman–Crippen LogP) is 2.80. The maximum absolute atomic E-state index is 5.83. The summed E-state index contributed by atoms with van der Waals surface area (Å²) in [6.45, 7) is 1.31. The second-order valence-electron chi connectivity index (χ2n) is 4.16. The number of fused-ring (bicyclic) bond motifs is 1. The van der Waals surface area contributed by atoms with Gasteiger partial charge in [-0.25, -0.2) is 0 Å². The quantitative estimate of drug-likeness (QED) is 0.720. The van der Waals surface area contributed by atoms with Crippen molar-refractivity contribution in [3.8, 4) is 11.5 Å². The second kappa shape index (κ2) is 3.60. The van der Waals surface area contributed by atoms with Gasteiger partial charge in [-0.05, 0) is 36.0 Å². The van der Waals surface area contributed by atoms with E-state index in [1.807, 2.05) is 6.07 Å². The predicted molar refractivity (Wildman–Crippen MR) is 59.0 cm³/mol. The van der Waals surface area contributed by atoms with Gasteiger partial charge in [-0.3, -0.25) is 0 Å². The Bertz CT molecular complexity index is 378. The summed E-state index contributed by atoms with van der Waals surface area (Å²) in [4.78, 5) is 0. The molecule has 0 bridgehead atoms. The highest BCUT2D eigenvalue weighted by Crippen LogP contribution is 2.49. The van der Waals surface area contributed by atoms with Gasteiger partial charge in [0.2, 0.25) is 0 Å². The number of ether oxygens (including phenoxy) is 2. The minimum absolute atomic E-state index is 0.637. The van der Waals surface area contributed by atoms with Crippen LogP contribution in [0.15, 0.2) is 18.2 Å². The van der Waals surface area contributed by atoms with Gasteiger partial charge in [0.05, 0.1) is 0 Å². The van der Waals surface area contributed by atoms with Crippen LogP contribution in [0.1, 0.15) is 17.9 Å². The zero-order chi connectivity index (χ0) is 10.3. The maximum atomic E-state index is 5.83. The minimum Gasteiger partial charge on any atom is -0.486 e. The van der Waals surface area contributed by atoms with Gasteiger partial charge in [0.15, 0.2) is 11.5 Å². The number of hydrogen-bond acceptors (Lipinski definition) is 2. The lowest BCUT2D eigenvalue weighted by Gasteiger charge is -2.18. The zero-order valence-corrected chi connectivity index (χ0v) is 9.17. The molecule has 0 saturated heterocycles. The highest BCUT2D eigenvalue weighted by Gasteiger charge is 2.37. The number of hydrogen-bond donors (Lipinski definition) is 0. The molecule has 0 spiro atoms. The molecular weight excluding hydrogens is 212 g/mol. The molecule has 3 heteroatoms. The summed E-state index contributed by atoms with van der Waals surface area (Å²) in [6, 6.07) is 6.24. The molecule has 1 aliphatic carbocycles. The van der Waals surface area contributed by atoms with Crippen molar-refractivity contribution in [2.75, 3.05) is 19.1 Å². The molecule has 0 radical (unpaired) electrons. The Kier molecular flexibility index (Phi) is 2.24. The molecule has 1 aromatic rings. The first-order valence-corrected chi connectivity index (χ1v) is 5.87. The van der Waals surface area contributed by atoms with E-state index in [-0.39, 0.29) is 0 Å². The second-order valence-corrected chi connectivity index (χ2v) is 4.47. The highest BCUT2D eigenvalue weighted by molar-refractivity contribution is 6.18. The number of benzene rings is 1. The average molecular weight is 225 g/mol. The first-order valence-electron chi connectivity index (χ1n) is 5.34. The van der Waals surface area contributed by atoms with Crippen LogP contribution in [0.5, 0.6) is 11.5 Å². The lowest BCUT2D eigenvalue weighted by Crippen LogP contribution is -2.15. The van der Waals surface area contributed by atoms with E-state index in [1.54, 1.807) is 0 Å². The van der Waals surface area contributed by atoms with Crippen molar-refractivity contribution in [1.29, 1.82) is 0 Å². The summed E-state index contributed by atoms with van der Waals surface area (Å²) in [7, 11) is 0. The lowest BCUT2D eigenvalue weighted by atomic mass is 10.1. The Labute approximate surface area is 94.1 Å². The van der Waals surface area contributed by atoms with Crippen molar-refractivity contribution in [1.82, 2.24) is 0 Å². The summed E-state index contributed by atoms with van der Waals surface area (Å²) in [5.74, 6) is 3.82. The van der Waals surface area contributed by atoms with Crippen LogP contribution in [0, 0.1) is 5.92 Å². The summed E-state index contributed by atoms with van der Waals surface area (Å²) in [5, 5.41) is 0. The smallest absolute Gasteiger partial charge is 0.161 e. The van der Waals surface area contributed by atoms with Gasteiger partial charge in [0, 0.05) is 5.88 Å². The van der Waals surface area contributed by atoms with Gasteiger partial charge >= 0.3 is 0 Å². The number of halogens is 1. The molecule has 2 unspecified atom stereocenters. The molecule has 0 N–H and O–H groups in total. The maximum Gasteiger partial charge on any atom is 0.161 e. The average Bonchev–Trinajstić information content (AvgIpc) is 3.08. The molecular formula is C12H13ClO2. The Morgan fingerprint density at radius 1 is 1.20 bits per heavy atom. The third kappa shape index (κ3) is 1.67. The van der Waals surface area contributed by atoms with E-state index in [1.165, 1.54) is 12.0 Å². The van der Waals surface area contributed by atoms with E-state index in [4.69, 9.17) is 21.1 Å². The van der Waals surface area contributed by atoms with Crippen molar-refractivity contribution in [3.05, 3.63) is 23.8 Å². The summed E-state index contributed by atoms with van der Waals surface area (Å²) < 4.78 is 11.0. The van der Waals surface area contributed by atoms with Gasteiger partial charge in [-0.1, -0.05) is 6.07 Å². The van der Waals surface area contributed by atoms with Gasteiger partial charge in [0.1, 0.15) is 13.2 Å². The molecule has 3 rings (SSSR count). The van der Waals surface area contributed by atoms with E-state index in [0.717, 1.165) is 17.4 Å². The summed E-state index contributed by atoms with van der Waals surface area (Å²) >= 11 is 5.83. The lowest BCUT2D eigenvalue weighted by molar-refractivity contribution is 0.171. The molecule has 1 saturated carbocycles. The molecule has 1 aromatic carbocycles. The van der Waals surface area contributed by atoms with E-state index in [0.29, 0.717) is 25.0 Å². The van der Waals surface area contributed by atoms with Crippen molar-refractivity contribution in [2.24, 2.45) is 5.92 Å². The minimum atomic E-state index is 0.637. The first kappa shape index (κ1) is 9.34. The Hall–Kier alpha value is -0.890. The van der Waals surface area contributed by atoms with Crippen molar-refractivity contribution in [3.63, 3.8) is 0 Å². The van der Waals surface area contributed by atoms with Crippen molar-refractivity contribution >= 4 is 11.6 Å². The standard InChI is InChI=1S/C12H13ClO2/c13-7-9-5-10(9)8-1-2-11-12(6-8)15-4-3-14-11/h1-2,6,9-10H,3-5,7H2. The number of rotatable bonds is 2. The molecule has 0 aromatic heterocycles. The van der Waals surface area contributed by atoms with E-state index < -0.39 is 0 Å². The van der Waals surface area contributed by atoms with Gasteiger partial charge < -0.3 is 9.47 Å². The third-order valence-electron chi connectivity index (χ3n) is 3.12. The van der Waals surface area contributed by atoms with Crippen LogP contribution in [-0.4, -0.2) is 19.1 Å². The molecule has 80 valence electrons. The normalized spacial score (nSPS) is 27.5. The van der Waals surface area contributed by atoms with Crippen LogP contribution >= 0.6 is 11.6 Å². The monoisotopic (exact) mass is 224 g/mol. The van der Waals surface area contributed by atoms with Crippen LogP contribution < -0.4 is 9.47 Å². The van der Waals surface area contributed by atoms with Gasteiger partial charge in [0.25, 0.3) is 0 Å². The fraction of sp³-hybridized carbons (Fsp3) is 0.500. The molecule has 15 heavy (non-hydrogen) atoms. The van der Waals surface area contributed by atoms with Crippen LogP contribution in [0.25, 0.3) is 0 Å². The molecule has 2 nitrogen and oxygen atoms in total.